The number of carbonyl (C=O) groups is 1. The molecule has 2 aliphatic rings. The average Bonchev–Trinajstić information content (AvgIpc) is 2.46. The van der Waals surface area contributed by atoms with Gasteiger partial charge in [-0.1, -0.05) is 6.42 Å². The second-order valence-electron chi connectivity index (χ2n) is 5.58. The second kappa shape index (κ2) is 5.48. The Balaban J connectivity index is 1.84. The highest BCUT2D eigenvalue weighted by atomic mass is 19.1. The number of halogens is 2. The highest BCUT2D eigenvalue weighted by molar-refractivity contribution is 5.76. The molecule has 0 aromatic heterocycles. The molecule has 3 nitrogen and oxygen atoms in total. The number of hydrogen-bond donors (Lipinski definition) is 0. The van der Waals surface area contributed by atoms with Crippen LogP contribution in [0, 0.1) is 11.6 Å². The Kier molecular flexibility index (Phi) is 3.70. The van der Waals surface area contributed by atoms with Crippen LogP contribution in [0.3, 0.4) is 0 Å². The Morgan fingerprint density at radius 2 is 1.85 bits per heavy atom. The SMILES string of the molecule is O=Cc1cc(F)c(N2CCN3CCCCC3C2)c(F)c1. The van der Waals surface area contributed by atoms with Gasteiger partial charge in [0.05, 0.1) is 0 Å². The predicted octanol–water partition coefficient (Wildman–Crippen LogP) is 2.45. The van der Waals surface area contributed by atoms with Crippen molar-refractivity contribution in [2.45, 2.75) is 25.3 Å². The van der Waals surface area contributed by atoms with E-state index in [2.05, 4.69) is 4.90 Å². The van der Waals surface area contributed by atoms with Crippen LogP contribution in [0.1, 0.15) is 29.6 Å². The van der Waals surface area contributed by atoms with Crippen LogP contribution in [-0.2, 0) is 0 Å². The normalized spacial score (nSPS) is 23.5. The van der Waals surface area contributed by atoms with E-state index in [1.807, 2.05) is 0 Å². The molecule has 108 valence electrons. The monoisotopic (exact) mass is 280 g/mol. The first-order valence-electron chi connectivity index (χ1n) is 7.12. The number of piperazine rings is 1. The Labute approximate surface area is 117 Å². The lowest BCUT2D eigenvalue weighted by Crippen LogP contribution is -2.55. The van der Waals surface area contributed by atoms with Crippen molar-refractivity contribution in [2.24, 2.45) is 0 Å². The number of anilines is 1. The van der Waals surface area contributed by atoms with Crippen molar-refractivity contribution in [2.75, 3.05) is 31.1 Å². The molecule has 0 spiro atoms. The maximum atomic E-state index is 14.1. The Hall–Kier alpha value is -1.49. The van der Waals surface area contributed by atoms with Gasteiger partial charge < -0.3 is 4.90 Å². The molecule has 0 aliphatic carbocycles. The van der Waals surface area contributed by atoms with Crippen molar-refractivity contribution in [3.8, 4) is 0 Å². The summed E-state index contributed by atoms with van der Waals surface area (Å²) in [5.74, 6) is -1.28. The van der Waals surface area contributed by atoms with Gasteiger partial charge >= 0.3 is 0 Å². The standard InChI is InChI=1S/C15H18F2N2O/c16-13-7-11(10-20)8-14(17)15(13)19-6-5-18-4-2-1-3-12(18)9-19/h7-8,10,12H,1-6,9H2. The molecule has 1 atom stereocenters. The average molecular weight is 280 g/mol. The fourth-order valence-corrected chi connectivity index (χ4v) is 3.31. The predicted molar refractivity (Wildman–Crippen MR) is 73.2 cm³/mol. The van der Waals surface area contributed by atoms with Gasteiger partial charge in [0.2, 0.25) is 0 Å². The van der Waals surface area contributed by atoms with E-state index in [9.17, 15) is 13.6 Å². The van der Waals surface area contributed by atoms with Gasteiger partial charge in [0.15, 0.2) is 0 Å². The number of piperidine rings is 1. The lowest BCUT2D eigenvalue weighted by molar-refractivity contribution is 0.112. The molecule has 2 heterocycles. The molecule has 0 N–H and O–H groups in total. The van der Waals surface area contributed by atoms with E-state index in [0.717, 1.165) is 31.6 Å². The van der Waals surface area contributed by atoms with Crippen molar-refractivity contribution in [3.63, 3.8) is 0 Å². The summed E-state index contributed by atoms with van der Waals surface area (Å²) in [6, 6.07) is 2.61. The zero-order valence-electron chi connectivity index (χ0n) is 11.3. The highest BCUT2D eigenvalue weighted by Crippen LogP contribution is 2.29. The molecular formula is C15H18F2N2O. The van der Waals surface area contributed by atoms with Crippen LogP contribution in [0.2, 0.25) is 0 Å². The van der Waals surface area contributed by atoms with Crippen LogP contribution < -0.4 is 4.90 Å². The topological polar surface area (TPSA) is 23.6 Å². The first kappa shape index (κ1) is 13.5. The molecule has 2 aliphatic heterocycles. The molecule has 20 heavy (non-hydrogen) atoms. The molecule has 1 aromatic carbocycles. The summed E-state index contributed by atoms with van der Waals surface area (Å²) in [4.78, 5) is 14.8. The van der Waals surface area contributed by atoms with E-state index in [4.69, 9.17) is 0 Å². The van der Waals surface area contributed by atoms with Gasteiger partial charge in [-0.05, 0) is 31.5 Å². The highest BCUT2D eigenvalue weighted by Gasteiger charge is 2.31. The minimum Gasteiger partial charge on any atom is -0.364 e. The summed E-state index contributed by atoms with van der Waals surface area (Å²) < 4.78 is 28.1. The van der Waals surface area contributed by atoms with E-state index in [-0.39, 0.29) is 11.3 Å². The molecule has 0 bridgehead atoms. The number of hydrogen-bond acceptors (Lipinski definition) is 3. The molecule has 1 aromatic rings. The summed E-state index contributed by atoms with van der Waals surface area (Å²) in [5.41, 5.74) is 0.0564. The van der Waals surface area contributed by atoms with E-state index in [0.29, 0.717) is 25.4 Å². The van der Waals surface area contributed by atoms with Gasteiger partial charge in [0, 0.05) is 31.2 Å². The first-order chi connectivity index (χ1) is 9.69. The summed E-state index contributed by atoms with van der Waals surface area (Å²) in [5, 5.41) is 0. The third-order valence-electron chi connectivity index (χ3n) is 4.33. The molecule has 3 rings (SSSR count). The van der Waals surface area contributed by atoms with Gasteiger partial charge in [-0.2, -0.15) is 0 Å². The van der Waals surface area contributed by atoms with Crippen molar-refractivity contribution in [3.05, 3.63) is 29.3 Å². The molecule has 5 heteroatoms. The largest absolute Gasteiger partial charge is 0.364 e. The second-order valence-corrected chi connectivity index (χ2v) is 5.58. The van der Waals surface area contributed by atoms with Crippen LogP contribution in [0.5, 0.6) is 0 Å². The summed E-state index contributed by atoms with van der Waals surface area (Å²) in [6.45, 7) is 3.23. The number of aldehydes is 1. The molecule has 0 saturated carbocycles. The molecule has 2 fully saturated rings. The third kappa shape index (κ3) is 2.42. The van der Waals surface area contributed by atoms with Gasteiger partial charge in [0.25, 0.3) is 0 Å². The third-order valence-corrected chi connectivity index (χ3v) is 4.33. The maximum absolute atomic E-state index is 14.1. The summed E-state index contributed by atoms with van der Waals surface area (Å²) in [7, 11) is 0. The van der Waals surface area contributed by atoms with Gasteiger partial charge in [-0.15, -0.1) is 0 Å². The van der Waals surface area contributed by atoms with Gasteiger partial charge in [0.1, 0.15) is 23.6 Å². The van der Waals surface area contributed by atoms with Gasteiger partial charge in [-0.3, -0.25) is 9.69 Å². The number of rotatable bonds is 2. The molecule has 0 amide bonds. The van der Waals surface area contributed by atoms with E-state index >= 15 is 0 Å². The molecule has 0 radical (unpaired) electrons. The van der Waals surface area contributed by atoms with Crippen molar-refractivity contribution >= 4 is 12.0 Å². The lowest BCUT2D eigenvalue weighted by Gasteiger charge is -2.45. The van der Waals surface area contributed by atoms with E-state index < -0.39 is 11.6 Å². The number of fused-ring (bicyclic) bond motifs is 1. The number of nitrogens with zero attached hydrogens (tertiary/aromatic N) is 2. The smallest absolute Gasteiger partial charge is 0.150 e. The van der Waals surface area contributed by atoms with Crippen LogP contribution in [0.25, 0.3) is 0 Å². The molecule has 2 saturated heterocycles. The fraction of sp³-hybridized carbons (Fsp3) is 0.533. The minimum atomic E-state index is -0.642. The lowest BCUT2D eigenvalue weighted by atomic mass is 9.99. The van der Waals surface area contributed by atoms with E-state index in [1.54, 1.807) is 4.90 Å². The van der Waals surface area contributed by atoms with Crippen molar-refractivity contribution in [1.29, 1.82) is 0 Å². The zero-order chi connectivity index (χ0) is 14.1. The first-order valence-corrected chi connectivity index (χ1v) is 7.12. The molecule has 1 unspecified atom stereocenters. The minimum absolute atomic E-state index is 0.0147. The van der Waals surface area contributed by atoms with Gasteiger partial charge in [-0.25, -0.2) is 8.78 Å². The zero-order valence-corrected chi connectivity index (χ0v) is 11.3. The van der Waals surface area contributed by atoms with Crippen LogP contribution in [0.4, 0.5) is 14.5 Å². The molecular weight excluding hydrogens is 262 g/mol. The number of carbonyl (C=O) groups excluding carboxylic acids is 1. The van der Waals surface area contributed by atoms with E-state index in [1.165, 1.54) is 12.8 Å². The van der Waals surface area contributed by atoms with Crippen LogP contribution >= 0.6 is 0 Å². The fourth-order valence-electron chi connectivity index (χ4n) is 3.31. The summed E-state index contributed by atoms with van der Waals surface area (Å²) in [6.07, 6.45) is 3.96. The maximum Gasteiger partial charge on any atom is 0.150 e. The van der Waals surface area contributed by atoms with Crippen LogP contribution in [-0.4, -0.2) is 43.4 Å². The Bertz CT molecular complexity index is 498. The summed E-state index contributed by atoms with van der Waals surface area (Å²) >= 11 is 0. The Morgan fingerprint density at radius 3 is 2.55 bits per heavy atom. The van der Waals surface area contributed by atoms with Crippen LogP contribution in [0.15, 0.2) is 12.1 Å². The Morgan fingerprint density at radius 1 is 1.10 bits per heavy atom. The quantitative estimate of drug-likeness (QED) is 0.777. The van der Waals surface area contributed by atoms with Crippen molar-refractivity contribution in [1.82, 2.24) is 4.90 Å². The number of benzene rings is 1. The van der Waals surface area contributed by atoms with Crippen molar-refractivity contribution < 1.29 is 13.6 Å².